The maximum atomic E-state index is 12.1. The molecule has 1 fully saturated rings. The quantitative estimate of drug-likeness (QED) is 0.726. The second-order valence-corrected chi connectivity index (χ2v) is 6.51. The van der Waals surface area contributed by atoms with Gasteiger partial charge in [0, 0.05) is 17.5 Å². The normalized spacial score (nSPS) is 14.0. The van der Waals surface area contributed by atoms with Crippen LogP contribution in [0.4, 0.5) is 5.82 Å². The van der Waals surface area contributed by atoms with Crippen molar-refractivity contribution in [3.05, 3.63) is 48.2 Å². The third-order valence-corrected chi connectivity index (χ3v) is 4.53. The Morgan fingerprint density at radius 2 is 2.04 bits per heavy atom. The molecule has 2 N–H and O–H groups in total. The van der Waals surface area contributed by atoms with Gasteiger partial charge in [-0.2, -0.15) is 0 Å². The third-order valence-electron chi connectivity index (χ3n) is 4.53. The van der Waals surface area contributed by atoms with Gasteiger partial charge in [-0.3, -0.25) is 4.79 Å². The van der Waals surface area contributed by atoms with E-state index in [9.17, 15) is 4.79 Å². The van der Waals surface area contributed by atoms with Gasteiger partial charge in [-0.15, -0.1) is 0 Å². The lowest BCUT2D eigenvalue weighted by atomic mass is 10.0. The van der Waals surface area contributed by atoms with E-state index >= 15 is 0 Å². The molecule has 122 valence electrons. The molecule has 0 saturated heterocycles. The number of H-pyrrole nitrogens is 1. The molecule has 3 aromatic rings. The number of fused-ring (bicyclic) bond motifs is 1. The Balaban J connectivity index is 1.72. The topological polar surface area (TPSA) is 57.8 Å². The van der Waals surface area contributed by atoms with Gasteiger partial charge in [0.05, 0.1) is 0 Å². The number of nitrogens with one attached hydrogen (secondary N) is 2. The zero-order valence-electron chi connectivity index (χ0n) is 13.8. The van der Waals surface area contributed by atoms with Crippen molar-refractivity contribution in [1.29, 1.82) is 0 Å². The molecule has 1 amide bonds. The Bertz CT molecular complexity index is 876. The zero-order valence-corrected chi connectivity index (χ0v) is 13.8. The Morgan fingerprint density at radius 1 is 1.25 bits per heavy atom. The van der Waals surface area contributed by atoms with E-state index in [1.165, 1.54) is 5.56 Å². The number of carbonyl (C=O) groups excluding carboxylic acids is 1. The molecule has 4 nitrogen and oxygen atoms in total. The average molecular weight is 319 g/mol. The predicted octanol–water partition coefficient (Wildman–Crippen LogP) is 4.53. The first-order valence-electron chi connectivity index (χ1n) is 8.63. The lowest BCUT2D eigenvalue weighted by Crippen LogP contribution is -2.14. The van der Waals surface area contributed by atoms with E-state index in [4.69, 9.17) is 0 Å². The number of aryl methyl sites for hydroxylation is 1. The maximum Gasteiger partial charge on any atom is 0.228 e. The second-order valence-electron chi connectivity index (χ2n) is 6.51. The number of amides is 1. The first kappa shape index (κ1) is 14.9. The Labute approximate surface area is 141 Å². The monoisotopic (exact) mass is 319 g/mol. The van der Waals surface area contributed by atoms with Crippen molar-refractivity contribution >= 4 is 22.8 Å². The third kappa shape index (κ3) is 2.92. The summed E-state index contributed by atoms with van der Waals surface area (Å²) in [5, 5.41) is 4.03. The lowest BCUT2D eigenvalue weighted by molar-refractivity contribution is -0.117. The Morgan fingerprint density at radius 3 is 2.75 bits per heavy atom. The number of aromatic nitrogens is 2. The Kier molecular flexibility index (Phi) is 3.81. The van der Waals surface area contributed by atoms with Gasteiger partial charge in [0.15, 0.2) is 0 Å². The molecule has 0 bridgehead atoms. The lowest BCUT2D eigenvalue weighted by Gasteiger charge is -2.09. The number of anilines is 1. The van der Waals surface area contributed by atoms with Crippen LogP contribution in [0, 0.1) is 5.92 Å². The number of carbonyl (C=O) groups is 1. The number of benzene rings is 1. The smallest absolute Gasteiger partial charge is 0.228 e. The standard InChI is InChI=1S/C20H21N3O/c1-2-3-13-4-6-14(7-5-13)17-12-18(23-20(24)15-8-9-15)22-19-16(17)10-11-21-19/h4-7,10-12,15H,2-3,8-9H2,1H3,(H2,21,22,23,24). The summed E-state index contributed by atoms with van der Waals surface area (Å²) in [5.41, 5.74) is 4.39. The molecule has 0 aliphatic heterocycles. The summed E-state index contributed by atoms with van der Waals surface area (Å²) in [4.78, 5) is 19.7. The van der Waals surface area contributed by atoms with Crippen molar-refractivity contribution < 1.29 is 4.79 Å². The van der Waals surface area contributed by atoms with Crippen LogP contribution in [0.15, 0.2) is 42.6 Å². The number of pyridine rings is 1. The summed E-state index contributed by atoms with van der Waals surface area (Å²) < 4.78 is 0. The number of nitrogens with zero attached hydrogens (tertiary/aromatic N) is 1. The van der Waals surface area contributed by atoms with Crippen LogP contribution in [0.1, 0.15) is 31.7 Å². The van der Waals surface area contributed by atoms with Crippen molar-refractivity contribution in [2.24, 2.45) is 5.92 Å². The van der Waals surface area contributed by atoms with Crippen LogP contribution in [0.2, 0.25) is 0 Å². The highest BCUT2D eigenvalue weighted by Gasteiger charge is 2.30. The molecule has 1 aliphatic carbocycles. The summed E-state index contributed by atoms with van der Waals surface area (Å²) in [6.07, 6.45) is 6.11. The molecule has 0 spiro atoms. The summed E-state index contributed by atoms with van der Waals surface area (Å²) in [7, 11) is 0. The molecule has 1 aliphatic rings. The fraction of sp³-hybridized carbons (Fsp3) is 0.300. The van der Waals surface area contributed by atoms with Gasteiger partial charge < -0.3 is 10.3 Å². The molecule has 1 aromatic carbocycles. The van der Waals surface area contributed by atoms with Crippen molar-refractivity contribution in [3.8, 4) is 11.1 Å². The average Bonchev–Trinajstić information content (AvgIpc) is 3.34. The van der Waals surface area contributed by atoms with Crippen LogP contribution in [0.3, 0.4) is 0 Å². The van der Waals surface area contributed by atoms with Crippen molar-refractivity contribution in [2.45, 2.75) is 32.6 Å². The first-order valence-corrected chi connectivity index (χ1v) is 8.63. The molecule has 4 heteroatoms. The van der Waals surface area contributed by atoms with Crippen LogP contribution < -0.4 is 5.32 Å². The molecule has 2 heterocycles. The van der Waals surface area contributed by atoms with Crippen LogP contribution in [0.25, 0.3) is 22.2 Å². The van der Waals surface area contributed by atoms with E-state index in [0.717, 1.165) is 47.8 Å². The molecular weight excluding hydrogens is 298 g/mol. The summed E-state index contributed by atoms with van der Waals surface area (Å²) >= 11 is 0. The summed E-state index contributed by atoms with van der Waals surface area (Å²) in [6, 6.07) is 12.7. The Hall–Kier alpha value is -2.62. The van der Waals surface area contributed by atoms with E-state index in [-0.39, 0.29) is 11.8 Å². The van der Waals surface area contributed by atoms with Crippen LogP contribution in [0.5, 0.6) is 0 Å². The van der Waals surface area contributed by atoms with E-state index in [0.29, 0.717) is 5.82 Å². The number of aromatic amines is 1. The van der Waals surface area contributed by atoms with Gasteiger partial charge in [-0.1, -0.05) is 37.6 Å². The van der Waals surface area contributed by atoms with E-state index in [1.54, 1.807) is 0 Å². The van der Waals surface area contributed by atoms with Gasteiger partial charge in [0.1, 0.15) is 11.5 Å². The fourth-order valence-corrected chi connectivity index (χ4v) is 3.05. The highest BCUT2D eigenvalue weighted by molar-refractivity contribution is 5.98. The van der Waals surface area contributed by atoms with Gasteiger partial charge in [-0.05, 0) is 48.1 Å². The SMILES string of the molecule is CCCc1ccc(-c2cc(NC(=O)C3CC3)nc3[nH]ccc23)cc1. The molecule has 0 radical (unpaired) electrons. The zero-order chi connectivity index (χ0) is 16.5. The fourth-order valence-electron chi connectivity index (χ4n) is 3.05. The van der Waals surface area contributed by atoms with Crippen molar-refractivity contribution in [2.75, 3.05) is 5.32 Å². The van der Waals surface area contributed by atoms with E-state index in [1.807, 2.05) is 18.3 Å². The van der Waals surface area contributed by atoms with Crippen molar-refractivity contribution in [1.82, 2.24) is 9.97 Å². The van der Waals surface area contributed by atoms with Gasteiger partial charge in [-0.25, -0.2) is 4.98 Å². The van der Waals surface area contributed by atoms with Crippen LogP contribution >= 0.6 is 0 Å². The maximum absolute atomic E-state index is 12.1. The van der Waals surface area contributed by atoms with Crippen LogP contribution in [-0.4, -0.2) is 15.9 Å². The van der Waals surface area contributed by atoms with Gasteiger partial charge >= 0.3 is 0 Å². The largest absolute Gasteiger partial charge is 0.346 e. The summed E-state index contributed by atoms with van der Waals surface area (Å²) in [5.74, 6) is 0.870. The minimum atomic E-state index is 0.0812. The molecule has 2 aromatic heterocycles. The van der Waals surface area contributed by atoms with Gasteiger partial charge in [0.25, 0.3) is 0 Å². The number of hydrogen-bond acceptors (Lipinski definition) is 2. The molecule has 24 heavy (non-hydrogen) atoms. The molecule has 4 rings (SSSR count). The molecule has 0 unspecified atom stereocenters. The van der Waals surface area contributed by atoms with Gasteiger partial charge in [0.2, 0.25) is 5.91 Å². The highest BCUT2D eigenvalue weighted by Crippen LogP contribution is 2.33. The van der Waals surface area contributed by atoms with Crippen molar-refractivity contribution in [3.63, 3.8) is 0 Å². The first-order chi connectivity index (χ1) is 11.7. The van der Waals surface area contributed by atoms with E-state index in [2.05, 4.69) is 46.5 Å². The minimum Gasteiger partial charge on any atom is -0.346 e. The second kappa shape index (κ2) is 6.11. The molecule has 0 atom stereocenters. The summed E-state index contributed by atoms with van der Waals surface area (Å²) in [6.45, 7) is 2.19. The molecule has 1 saturated carbocycles. The molecular formula is C20H21N3O. The minimum absolute atomic E-state index is 0.0812. The van der Waals surface area contributed by atoms with Crippen LogP contribution in [-0.2, 0) is 11.2 Å². The highest BCUT2D eigenvalue weighted by atomic mass is 16.2. The van der Waals surface area contributed by atoms with E-state index < -0.39 is 0 Å². The number of hydrogen-bond donors (Lipinski definition) is 2. The predicted molar refractivity (Wildman–Crippen MR) is 96.9 cm³/mol. The number of rotatable bonds is 5.